The van der Waals surface area contributed by atoms with E-state index in [0.717, 1.165) is 22.0 Å². The molecule has 0 saturated carbocycles. The molecule has 0 spiro atoms. The van der Waals surface area contributed by atoms with Crippen LogP contribution in [0.25, 0.3) is 20.7 Å². The molecule has 1 fully saturated rings. The van der Waals surface area contributed by atoms with Crippen LogP contribution in [0.5, 0.6) is 5.75 Å². The van der Waals surface area contributed by atoms with Crippen molar-refractivity contribution in [1.82, 2.24) is 14.9 Å². The number of methoxy groups -OCH3 is 1. The van der Waals surface area contributed by atoms with Crippen LogP contribution in [-0.4, -0.2) is 29.1 Å². The first-order chi connectivity index (χ1) is 14.3. The van der Waals surface area contributed by atoms with Gasteiger partial charge in [-0.1, -0.05) is 18.5 Å². The van der Waals surface area contributed by atoms with Crippen molar-refractivity contribution in [3.63, 3.8) is 0 Å². The van der Waals surface area contributed by atoms with E-state index in [9.17, 15) is 18.8 Å². The number of amides is 1. The Hall–Kier alpha value is -2.65. The van der Waals surface area contributed by atoms with Gasteiger partial charge in [0.05, 0.1) is 23.7 Å². The lowest BCUT2D eigenvalue weighted by Gasteiger charge is -2.17. The first-order valence-electron chi connectivity index (χ1n) is 9.37. The molecule has 1 aliphatic heterocycles. The number of carbonyl (C=O) groups excluding carboxylic acids is 1. The lowest BCUT2D eigenvalue weighted by molar-refractivity contribution is -0.121. The quantitative estimate of drug-likeness (QED) is 0.639. The van der Waals surface area contributed by atoms with Crippen molar-refractivity contribution >= 4 is 39.1 Å². The van der Waals surface area contributed by atoms with Crippen LogP contribution in [0.4, 0.5) is 4.39 Å². The largest absolute Gasteiger partial charge is 0.494 e. The van der Waals surface area contributed by atoms with Gasteiger partial charge in [-0.15, -0.1) is 11.3 Å². The maximum atomic E-state index is 13.9. The molecular weight excluding hydrogens is 433 g/mol. The molecule has 2 atom stereocenters. The predicted molar refractivity (Wildman–Crippen MR) is 114 cm³/mol. The SMILES string of the molecule is COc1cc(-c2cc3[nH]c(=O)n([C@@H]4CC(=O)NC[C@@H](C)C4)c(=O)c3s2)c(Cl)cc1F. The van der Waals surface area contributed by atoms with Gasteiger partial charge in [0.1, 0.15) is 4.70 Å². The molecule has 4 rings (SSSR count). The zero-order valence-electron chi connectivity index (χ0n) is 16.3. The number of nitrogens with one attached hydrogen (secondary N) is 2. The normalized spacial score (nSPS) is 19.5. The second kappa shape index (κ2) is 7.88. The highest BCUT2D eigenvalue weighted by molar-refractivity contribution is 7.22. The second-order valence-corrected chi connectivity index (χ2v) is 8.89. The van der Waals surface area contributed by atoms with Crippen molar-refractivity contribution in [1.29, 1.82) is 0 Å². The molecule has 0 bridgehead atoms. The predicted octanol–water partition coefficient (Wildman–Crippen LogP) is 3.31. The monoisotopic (exact) mass is 451 g/mol. The third-order valence-corrected chi connectivity index (χ3v) is 6.69. The summed E-state index contributed by atoms with van der Waals surface area (Å²) in [5, 5.41) is 2.96. The lowest BCUT2D eigenvalue weighted by Crippen LogP contribution is -2.38. The number of aromatic nitrogens is 2. The highest BCUT2D eigenvalue weighted by Gasteiger charge is 2.27. The van der Waals surface area contributed by atoms with Crippen LogP contribution >= 0.6 is 22.9 Å². The fourth-order valence-electron chi connectivity index (χ4n) is 3.76. The molecule has 7 nitrogen and oxygen atoms in total. The van der Waals surface area contributed by atoms with Crippen molar-refractivity contribution < 1.29 is 13.9 Å². The lowest BCUT2D eigenvalue weighted by atomic mass is 10.0. The summed E-state index contributed by atoms with van der Waals surface area (Å²) in [6.07, 6.45) is 0.602. The second-order valence-electron chi connectivity index (χ2n) is 7.43. The van der Waals surface area contributed by atoms with E-state index in [1.54, 1.807) is 6.07 Å². The standard InChI is InChI=1S/C20H19ClFN3O4S/c1-9-3-10(4-17(26)23-8-9)25-19(27)18-14(24-20(25)28)7-16(30-18)11-5-15(29-2)13(22)6-12(11)21/h5-7,9-10H,3-4,8H2,1-2H3,(H,23,26)(H,24,28)/t9-,10-/m0/s1. The number of H-pyrrole nitrogens is 1. The van der Waals surface area contributed by atoms with Gasteiger partial charge >= 0.3 is 5.69 Å². The molecule has 1 amide bonds. The topological polar surface area (TPSA) is 93.2 Å². The van der Waals surface area contributed by atoms with E-state index in [-0.39, 0.29) is 29.0 Å². The van der Waals surface area contributed by atoms with E-state index in [1.165, 1.54) is 13.2 Å². The van der Waals surface area contributed by atoms with E-state index in [4.69, 9.17) is 16.3 Å². The number of fused-ring (bicyclic) bond motifs is 1. The molecule has 158 valence electrons. The molecule has 30 heavy (non-hydrogen) atoms. The van der Waals surface area contributed by atoms with Crippen LogP contribution < -0.4 is 21.3 Å². The molecule has 1 aliphatic rings. The van der Waals surface area contributed by atoms with Crippen molar-refractivity contribution in [2.75, 3.05) is 13.7 Å². The number of carbonyl (C=O) groups is 1. The van der Waals surface area contributed by atoms with Gasteiger partial charge in [0, 0.05) is 23.4 Å². The number of halogens is 2. The summed E-state index contributed by atoms with van der Waals surface area (Å²) in [6.45, 7) is 2.47. The highest BCUT2D eigenvalue weighted by atomic mass is 35.5. The number of ether oxygens (including phenoxy) is 1. The number of aromatic amines is 1. The van der Waals surface area contributed by atoms with Gasteiger partial charge in [-0.2, -0.15) is 0 Å². The van der Waals surface area contributed by atoms with Crippen molar-refractivity contribution in [2.45, 2.75) is 25.8 Å². The van der Waals surface area contributed by atoms with Crippen molar-refractivity contribution in [3.05, 3.63) is 49.9 Å². The van der Waals surface area contributed by atoms with E-state index >= 15 is 0 Å². The summed E-state index contributed by atoms with van der Waals surface area (Å²) in [6, 6.07) is 3.71. The Morgan fingerprint density at radius 2 is 2.03 bits per heavy atom. The molecule has 10 heteroatoms. The molecule has 1 saturated heterocycles. The van der Waals surface area contributed by atoms with E-state index in [1.807, 2.05) is 6.92 Å². The Kier molecular flexibility index (Phi) is 5.42. The fraction of sp³-hybridized carbons (Fsp3) is 0.350. The molecule has 1 aromatic carbocycles. The molecule has 2 aromatic heterocycles. The summed E-state index contributed by atoms with van der Waals surface area (Å²) in [4.78, 5) is 41.2. The first kappa shape index (κ1) is 20.6. The number of thiophene rings is 1. The average Bonchev–Trinajstić information content (AvgIpc) is 3.02. The van der Waals surface area contributed by atoms with Gasteiger partial charge in [0.2, 0.25) is 5.91 Å². The van der Waals surface area contributed by atoms with Crippen LogP contribution in [0.2, 0.25) is 5.02 Å². The minimum atomic E-state index is -0.594. The maximum Gasteiger partial charge on any atom is 0.329 e. The van der Waals surface area contributed by atoms with Crippen molar-refractivity contribution in [2.24, 2.45) is 5.92 Å². The summed E-state index contributed by atoms with van der Waals surface area (Å²) in [5.74, 6) is -0.624. The Bertz CT molecular complexity index is 1270. The van der Waals surface area contributed by atoms with E-state index in [0.29, 0.717) is 33.6 Å². The average molecular weight is 452 g/mol. The van der Waals surface area contributed by atoms with Gasteiger partial charge in [-0.05, 0) is 30.5 Å². The third kappa shape index (κ3) is 3.63. The number of hydrogen-bond donors (Lipinski definition) is 2. The summed E-state index contributed by atoms with van der Waals surface area (Å²) in [7, 11) is 1.35. The highest BCUT2D eigenvalue weighted by Crippen LogP contribution is 2.38. The third-order valence-electron chi connectivity index (χ3n) is 5.22. The van der Waals surface area contributed by atoms with Gasteiger partial charge in [-0.25, -0.2) is 9.18 Å². The molecule has 0 aliphatic carbocycles. The Labute approximate surface area is 179 Å². The smallest absolute Gasteiger partial charge is 0.329 e. The van der Waals surface area contributed by atoms with Gasteiger partial charge in [-0.3, -0.25) is 14.2 Å². The molecule has 0 radical (unpaired) electrons. The molecule has 2 N–H and O–H groups in total. The molecule has 3 heterocycles. The van der Waals surface area contributed by atoms with Crippen LogP contribution in [0.15, 0.2) is 27.8 Å². The Morgan fingerprint density at radius 1 is 1.27 bits per heavy atom. The Morgan fingerprint density at radius 3 is 2.77 bits per heavy atom. The van der Waals surface area contributed by atoms with Gasteiger partial charge in [0.25, 0.3) is 5.56 Å². The minimum Gasteiger partial charge on any atom is -0.494 e. The number of hydrogen-bond acceptors (Lipinski definition) is 5. The van der Waals surface area contributed by atoms with Crippen LogP contribution in [-0.2, 0) is 4.79 Å². The molecule has 3 aromatic rings. The molecule has 0 unspecified atom stereocenters. The number of rotatable bonds is 3. The van der Waals surface area contributed by atoms with Crippen LogP contribution in [0.3, 0.4) is 0 Å². The molecular formula is C20H19ClFN3O4S. The Balaban J connectivity index is 1.86. The van der Waals surface area contributed by atoms with Crippen molar-refractivity contribution in [3.8, 4) is 16.2 Å². The zero-order valence-corrected chi connectivity index (χ0v) is 17.8. The fourth-order valence-corrected chi connectivity index (χ4v) is 5.15. The first-order valence-corrected chi connectivity index (χ1v) is 10.6. The minimum absolute atomic E-state index is 0.0243. The maximum absolute atomic E-state index is 13.9. The van der Waals surface area contributed by atoms with Gasteiger partial charge < -0.3 is 15.0 Å². The van der Waals surface area contributed by atoms with Crippen LogP contribution in [0.1, 0.15) is 25.8 Å². The summed E-state index contributed by atoms with van der Waals surface area (Å²) in [5.41, 5.74) is -0.161. The number of nitrogens with zero attached hydrogens (tertiary/aromatic N) is 1. The zero-order chi connectivity index (χ0) is 21.6. The number of benzene rings is 1. The summed E-state index contributed by atoms with van der Waals surface area (Å²) >= 11 is 7.35. The van der Waals surface area contributed by atoms with Crippen LogP contribution in [0, 0.1) is 11.7 Å². The summed E-state index contributed by atoms with van der Waals surface area (Å²) < 4.78 is 20.4. The van der Waals surface area contributed by atoms with E-state index in [2.05, 4.69) is 10.3 Å². The van der Waals surface area contributed by atoms with E-state index < -0.39 is 23.1 Å². The van der Waals surface area contributed by atoms with Gasteiger partial charge in [0.15, 0.2) is 11.6 Å².